The number of hydrogen-bond donors (Lipinski definition) is 5. The number of carbonyl (C=O) groups excluding carboxylic acids is 3. The topological polar surface area (TPSA) is 150 Å². The highest BCUT2D eigenvalue weighted by Crippen LogP contribution is 2.37. The molecule has 2 aromatic carbocycles. The summed E-state index contributed by atoms with van der Waals surface area (Å²) in [4.78, 5) is 42.4. The van der Waals surface area contributed by atoms with E-state index in [-0.39, 0.29) is 11.8 Å². The minimum Gasteiger partial charge on any atom is -0.384 e. The lowest BCUT2D eigenvalue weighted by Gasteiger charge is -2.16. The van der Waals surface area contributed by atoms with E-state index in [1.807, 2.05) is 24.4 Å². The molecule has 2 aliphatic heterocycles. The van der Waals surface area contributed by atoms with Crippen molar-refractivity contribution in [2.24, 2.45) is 11.5 Å². The molecule has 2 aromatic heterocycles. The minimum absolute atomic E-state index is 0.131. The Bertz CT molecular complexity index is 1500. The highest BCUT2D eigenvalue weighted by atomic mass is 16.2. The fraction of sp³-hybridized carbons (Fsp3) is 0.160. The van der Waals surface area contributed by atoms with Gasteiger partial charge in [-0.15, -0.1) is 0 Å². The SMILES string of the molecule is C=CC(=O)N1CCc2cc(C(N)=O)c3[nH]ccc3c21.NC(=O)c1cc2c(c3cc[nH]c13)NCC2. The number of nitrogens with two attached hydrogens (primary N) is 2. The number of carbonyl (C=O) groups is 3. The molecular weight excluding hydrogens is 432 g/mol. The second-order valence-electron chi connectivity index (χ2n) is 8.27. The van der Waals surface area contributed by atoms with Crippen LogP contribution in [0.25, 0.3) is 21.8 Å². The van der Waals surface area contributed by atoms with Crippen molar-refractivity contribution in [1.82, 2.24) is 9.97 Å². The lowest BCUT2D eigenvalue weighted by Crippen LogP contribution is -2.26. The highest BCUT2D eigenvalue weighted by molar-refractivity contribution is 6.14. The molecule has 0 radical (unpaired) electrons. The van der Waals surface area contributed by atoms with Crippen LogP contribution in [0.1, 0.15) is 31.8 Å². The van der Waals surface area contributed by atoms with Gasteiger partial charge in [0.15, 0.2) is 0 Å². The summed E-state index contributed by atoms with van der Waals surface area (Å²) < 4.78 is 0. The molecule has 9 nitrogen and oxygen atoms in total. The first-order chi connectivity index (χ1) is 16.4. The molecule has 2 aliphatic rings. The Morgan fingerprint density at radius 3 is 2.18 bits per heavy atom. The number of H-pyrrole nitrogens is 2. The van der Waals surface area contributed by atoms with Crippen molar-refractivity contribution in [2.75, 3.05) is 23.3 Å². The Balaban J connectivity index is 0.000000145. The number of aromatic amines is 2. The second-order valence-corrected chi connectivity index (χ2v) is 8.27. The first kappa shape index (κ1) is 21.3. The van der Waals surface area contributed by atoms with E-state index < -0.39 is 5.91 Å². The maximum absolute atomic E-state index is 11.9. The van der Waals surface area contributed by atoms with Crippen LogP contribution in [0.5, 0.6) is 0 Å². The van der Waals surface area contributed by atoms with Crippen molar-refractivity contribution in [3.05, 3.63) is 71.6 Å². The van der Waals surface area contributed by atoms with E-state index in [1.54, 1.807) is 17.2 Å². The molecule has 3 amide bonds. The van der Waals surface area contributed by atoms with Gasteiger partial charge in [0.05, 0.1) is 27.8 Å². The van der Waals surface area contributed by atoms with Crippen LogP contribution < -0.4 is 21.7 Å². The van der Waals surface area contributed by atoms with Gasteiger partial charge in [-0.1, -0.05) is 6.58 Å². The smallest absolute Gasteiger partial charge is 0.250 e. The molecule has 0 fully saturated rings. The van der Waals surface area contributed by atoms with Gasteiger partial charge in [-0.3, -0.25) is 14.4 Å². The number of fused-ring (bicyclic) bond motifs is 6. The van der Waals surface area contributed by atoms with E-state index in [1.165, 1.54) is 11.6 Å². The summed E-state index contributed by atoms with van der Waals surface area (Å²) in [6, 6.07) is 7.48. The largest absolute Gasteiger partial charge is 0.384 e. The van der Waals surface area contributed by atoms with Crippen molar-refractivity contribution in [3.8, 4) is 0 Å². The summed E-state index contributed by atoms with van der Waals surface area (Å²) in [5, 5.41) is 5.22. The number of aromatic nitrogens is 2. The van der Waals surface area contributed by atoms with Gasteiger partial charge in [-0.25, -0.2) is 0 Å². The molecule has 4 aromatic rings. The van der Waals surface area contributed by atoms with Crippen molar-refractivity contribution in [1.29, 1.82) is 0 Å². The summed E-state index contributed by atoms with van der Waals surface area (Å²) in [6.45, 7) is 5.05. The lowest BCUT2D eigenvalue weighted by atomic mass is 10.0. The number of amides is 3. The monoisotopic (exact) mass is 456 g/mol. The Kier molecular flexibility index (Phi) is 5.09. The van der Waals surface area contributed by atoms with Crippen molar-refractivity contribution in [2.45, 2.75) is 12.8 Å². The third kappa shape index (κ3) is 3.29. The first-order valence-electron chi connectivity index (χ1n) is 10.9. The van der Waals surface area contributed by atoms with Crippen LogP contribution in [-0.2, 0) is 17.6 Å². The van der Waals surface area contributed by atoms with Gasteiger partial charge in [0.2, 0.25) is 5.91 Å². The average molecular weight is 457 g/mol. The van der Waals surface area contributed by atoms with Gasteiger partial charge in [0, 0.05) is 41.9 Å². The van der Waals surface area contributed by atoms with Gasteiger partial charge in [0.25, 0.3) is 11.8 Å². The normalized spacial score (nSPS) is 13.7. The summed E-state index contributed by atoms with van der Waals surface area (Å²) in [7, 11) is 0. The third-order valence-electron chi connectivity index (χ3n) is 6.36. The lowest BCUT2D eigenvalue weighted by molar-refractivity contribution is -0.114. The van der Waals surface area contributed by atoms with Crippen molar-refractivity contribution < 1.29 is 14.4 Å². The zero-order valence-electron chi connectivity index (χ0n) is 18.4. The van der Waals surface area contributed by atoms with Gasteiger partial charge in [-0.2, -0.15) is 0 Å². The average Bonchev–Trinajstić information content (AvgIpc) is 3.61. The molecule has 4 heterocycles. The summed E-state index contributed by atoms with van der Waals surface area (Å²) >= 11 is 0. The number of anilines is 2. The molecular formula is C25H24N6O3. The van der Waals surface area contributed by atoms with E-state index in [9.17, 15) is 14.4 Å². The van der Waals surface area contributed by atoms with Crippen molar-refractivity contribution >= 4 is 50.9 Å². The molecule has 0 spiro atoms. The van der Waals surface area contributed by atoms with Crippen LogP contribution >= 0.6 is 0 Å². The summed E-state index contributed by atoms with van der Waals surface area (Å²) in [6.07, 6.45) is 6.55. The molecule has 0 aliphatic carbocycles. The molecule has 0 unspecified atom stereocenters. The predicted octanol–water partition coefficient (Wildman–Crippen LogP) is 2.58. The molecule has 34 heavy (non-hydrogen) atoms. The quantitative estimate of drug-likeness (QED) is 0.301. The Hall–Kier alpha value is -4.53. The molecule has 0 atom stereocenters. The van der Waals surface area contributed by atoms with Crippen LogP contribution in [-0.4, -0.2) is 40.8 Å². The van der Waals surface area contributed by atoms with Crippen LogP contribution in [0.15, 0.2) is 49.3 Å². The van der Waals surface area contributed by atoms with E-state index >= 15 is 0 Å². The number of hydrogen-bond acceptors (Lipinski definition) is 4. The maximum atomic E-state index is 11.9. The fourth-order valence-corrected chi connectivity index (χ4v) is 4.87. The summed E-state index contributed by atoms with van der Waals surface area (Å²) in [5.74, 6) is -0.978. The minimum atomic E-state index is -0.469. The third-order valence-corrected chi connectivity index (χ3v) is 6.36. The zero-order valence-corrected chi connectivity index (χ0v) is 18.4. The summed E-state index contributed by atoms with van der Waals surface area (Å²) in [5.41, 5.74) is 17.4. The van der Waals surface area contributed by atoms with E-state index in [2.05, 4.69) is 21.9 Å². The molecule has 0 saturated heterocycles. The van der Waals surface area contributed by atoms with Crippen LogP contribution in [0, 0.1) is 0 Å². The number of rotatable bonds is 3. The number of benzene rings is 2. The van der Waals surface area contributed by atoms with E-state index in [0.717, 1.165) is 52.6 Å². The molecule has 7 N–H and O–H groups in total. The highest BCUT2D eigenvalue weighted by Gasteiger charge is 2.27. The zero-order chi connectivity index (χ0) is 24.0. The van der Waals surface area contributed by atoms with Crippen LogP contribution in [0.4, 0.5) is 11.4 Å². The van der Waals surface area contributed by atoms with Gasteiger partial charge >= 0.3 is 0 Å². The molecule has 0 bridgehead atoms. The molecule has 6 rings (SSSR count). The van der Waals surface area contributed by atoms with Crippen LogP contribution in [0.3, 0.4) is 0 Å². The Labute approximate surface area is 194 Å². The predicted molar refractivity (Wildman–Crippen MR) is 132 cm³/mol. The molecule has 9 heteroatoms. The molecule has 0 saturated carbocycles. The molecule has 172 valence electrons. The maximum Gasteiger partial charge on any atom is 0.250 e. The number of nitrogens with one attached hydrogen (secondary N) is 3. The standard InChI is InChI=1S/C14H13N3O2.C11H11N3O/c1-2-11(18)17-6-4-8-7-10(14(15)19)12-9(13(8)17)3-5-16-12;12-11(15)8-5-6-1-3-13-9(6)7-2-4-14-10(7)8/h2-3,5,7,16H,1,4,6H2,(H2,15,19);2,4-5,13-14H,1,3H2,(H2,12,15). The Morgan fingerprint density at radius 1 is 0.912 bits per heavy atom. The van der Waals surface area contributed by atoms with Gasteiger partial charge in [0.1, 0.15) is 0 Å². The van der Waals surface area contributed by atoms with Crippen molar-refractivity contribution in [3.63, 3.8) is 0 Å². The second kappa shape index (κ2) is 8.11. The number of primary amides is 2. The van der Waals surface area contributed by atoms with Crippen LogP contribution in [0.2, 0.25) is 0 Å². The van der Waals surface area contributed by atoms with Gasteiger partial charge in [-0.05, 0) is 54.3 Å². The van der Waals surface area contributed by atoms with Gasteiger partial charge < -0.3 is 31.7 Å². The Morgan fingerprint density at radius 2 is 1.53 bits per heavy atom. The van der Waals surface area contributed by atoms with E-state index in [4.69, 9.17) is 11.5 Å². The first-order valence-corrected chi connectivity index (χ1v) is 10.9. The fourth-order valence-electron chi connectivity index (χ4n) is 4.87. The van der Waals surface area contributed by atoms with E-state index in [0.29, 0.717) is 23.2 Å². The number of nitrogens with zero attached hydrogens (tertiary/aromatic N) is 1.